The number of carbonyl (C=O) groups is 3. The molecule has 154 valence electrons. The minimum Gasteiger partial charge on any atom is -0.468 e. The van der Waals surface area contributed by atoms with Crippen molar-refractivity contribution >= 4 is 33.8 Å². The van der Waals surface area contributed by atoms with Gasteiger partial charge in [-0.1, -0.05) is 28.1 Å². The van der Waals surface area contributed by atoms with Gasteiger partial charge in [0.15, 0.2) is 10.8 Å². The van der Waals surface area contributed by atoms with Gasteiger partial charge < -0.3 is 14.2 Å². The van der Waals surface area contributed by atoms with Crippen molar-refractivity contribution in [2.75, 3.05) is 20.3 Å². The van der Waals surface area contributed by atoms with E-state index in [1.165, 1.54) is 7.11 Å². The van der Waals surface area contributed by atoms with Crippen LogP contribution in [-0.4, -0.2) is 38.2 Å². The molecule has 1 unspecified atom stereocenters. The average Bonchev–Trinajstić information content (AvgIpc) is 3.42. The molecule has 3 atom stereocenters. The maximum absolute atomic E-state index is 12.9. The third kappa shape index (κ3) is 2.63. The van der Waals surface area contributed by atoms with Crippen molar-refractivity contribution in [3.8, 4) is 6.07 Å². The van der Waals surface area contributed by atoms with Gasteiger partial charge in [-0.15, -0.1) is 0 Å². The second kappa shape index (κ2) is 7.45. The van der Waals surface area contributed by atoms with Crippen LogP contribution < -0.4 is 0 Å². The Hall–Kier alpha value is -2.40. The highest BCUT2D eigenvalue weighted by molar-refractivity contribution is 9.10. The van der Waals surface area contributed by atoms with Crippen LogP contribution in [0.2, 0.25) is 0 Å². The minimum absolute atomic E-state index is 0.0212. The number of carbonyl (C=O) groups excluding carboxylic acids is 3. The lowest BCUT2D eigenvalue weighted by Gasteiger charge is -2.52. The van der Waals surface area contributed by atoms with Gasteiger partial charge in [0.2, 0.25) is 0 Å². The third-order valence-corrected chi connectivity index (χ3v) is 6.82. The highest BCUT2D eigenvalue weighted by Crippen LogP contribution is 2.85. The third-order valence-electron chi connectivity index (χ3n) is 6.29. The van der Waals surface area contributed by atoms with Crippen LogP contribution in [0.3, 0.4) is 0 Å². The molecule has 29 heavy (non-hydrogen) atoms. The average molecular weight is 464 g/mol. The first-order valence-corrected chi connectivity index (χ1v) is 10.2. The van der Waals surface area contributed by atoms with E-state index in [9.17, 15) is 19.6 Å². The number of rotatable bonds is 6. The van der Waals surface area contributed by atoms with Crippen molar-refractivity contribution in [1.82, 2.24) is 0 Å². The van der Waals surface area contributed by atoms with Crippen LogP contribution in [-0.2, 0) is 28.6 Å². The van der Waals surface area contributed by atoms with E-state index < -0.39 is 40.1 Å². The Morgan fingerprint density at radius 1 is 1.10 bits per heavy atom. The van der Waals surface area contributed by atoms with Crippen LogP contribution in [0.4, 0.5) is 0 Å². The summed E-state index contributed by atoms with van der Waals surface area (Å²) in [4.78, 5) is 38.7. The van der Waals surface area contributed by atoms with E-state index >= 15 is 0 Å². The molecule has 8 heteroatoms. The first-order valence-electron chi connectivity index (χ1n) is 9.40. The predicted molar refractivity (Wildman–Crippen MR) is 104 cm³/mol. The van der Waals surface area contributed by atoms with Crippen molar-refractivity contribution in [3.05, 3.63) is 34.3 Å². The van der Waals surface area contributed by atoms with Crippen molar-refractivity contribution in [3.63, 3.8) is 0 Å². The van der Waals surface area contributed by atoms with Crippen molar-refractivity contribution in [1.29, 1.82) is 5.26 Å². The van der Waals surface area contributed by atoms with E-state index in [2.05, 4.69) is 22.0 Å². The first kappa shape index (κ1) is 21.3. The lowest BCUT2D eigenvalue weighted by Crippen LogP contribution is -2.59. The smallest absolute Gasteiger partial charge is 0.327 e. The number of nitrogens with zero attached hydrogens (tertiary/aromatic N) is 1. The monoisotopic (exact) mass is 463 g/mol. The highest BCUT2D eigenvalue weighted by atomic mass is 79.9. The van der Waals surface area contributed by atoms with E-state index in [0.29, 0.717) is 6.42 Å². The molecule has 0 aliphatic heterocycles. The van der Waals surface area contributed by atoms with Gasteiger partial charge in [-0.2, -0.15) is 5.26 Å². The summed E-state index contributed by atoms with van der Waals surface area (Å²) in [7, 11) is 1.20. The molecule has 0 radical (unpaired) electrons. The molecule has 0 bridgehead atoms. The lowest BCUT2D eigenvalue weighted by atomic mass is 9.46. The molecular formula is C21H22BrNO6. The standard InChI is InChI=1S/C21H22BrNO6/c1-4-28-17(25)20(18(26)29-5-2)11-19(20)10-15(13-6-8-14(22)9-7-13)21(19,12-23)16(24)27-3/h6-9,15H,4-5,10-11H2,1-3H3/t15-,19-,21?/m0/s1. The number of ether oxygens (including phenoxy) is 3. The van der Waals surface area contributed by atoms with Crippen LogP contribution in [0, 0.1) is 27.6 Å². The Morgan fingerprint density at radius 3 is 2.10 bits per heavy atom. The number of hydrogen-bond donors (Lipinski definition) is 0. The maximum Gasteiger partial charge on any atom is 0.327 e. The van der Waals surface area contributed by atoms with E-state index in [1.54, 1.807) is 13.8 Å². The molecule has 1 spiro atoms. The van der Waals surface area contributed by atoms with Gasteiger partial charge in [0, 0.05) is 15.8 Å². The normalized spacial score (nSPS) is 28.6. The molecule has 2 fully saturated rings. The van der Waals surface area contributed by atoms with Crippen molar-refractivity contribution in [2.45, 2.75) is 32.6 Å². The highest BCUT2D eigenvalue weighted by Gasteiger charge is 2.93. The summed E-state index contributed by atoms with van der Waals surface area (Å²) >= 11 is 3.37. The van der Waals surface area contributed by atoms with Gasteiger partial charge in [0.1, 0.15) is 0 Å². The maximum atomic E-state index is 12.9. The molecular weight excluding hydrogens is 442 g/mol. The zero-order valence-electron chi connectivity index (χ0n) is 16.5. The van der Waals surface area contributed by atoms with Crippen LogP contribution >= 0.6 is 15.9 Å². The van der Waals surface area contributed by atoms with E-state index in [1.807, 2.05) is 24.3 Å². The molecule has 2 aliphatic rings. The number of hydrogen-bond acceptors (Lipinski definition) is 7. The Kier molecular flexibility index (Phi) is 5.48. The van der Waals surface area contributed by atoms with Gasteiger partial charge in [0.05, 0.1) is 26.4 Å². The van der Waals surface area contributed by atoms with Gasteiger partial charge in [0.25, 0.3) is 0 Å². The Bertz CT molecular complexity index is 873. The summed E-state index contributed by atoms with van der Waals surface area (Å²) in [5.41, 5.74) is -3.80. The molecule has 3 rings (SSSR count). The molecule has 0 saturated heterocycles. The number of benzene rings is 1. The fourth-order valence-electron chi connectivity index (χ4n) is 4.91. The Morgan fingerprint density at radius 2 is 1.66 bits per heavy atom. The van der Waals surface area contributed by atoms with Gasteiger partial charge in [-0.05, 0) is 44.4 Å². The fourth-order valence-corrected chi connectivity index (χ4v) is 5.18. The second-order valence-electron chi connectivity index (χ2n) is 7.32. The summed E-state index contributed by atoms with van der Waals surface area (Å²) in [5.74, 6) is -2.78. The molecule has 0 N–H and O–H groups in total. The predicted octanol–water partition coefficient (Wildman–Crippen LogP) is 3.12. The SMILES string of the molecule is CCOC(=O)C1(C(=O)OCC)C[C@@]12C[C@@H](c1ccc(Br)cc1)C2(C#N)C(=O)OC. The van der Waals surface area contributed by atoms with Gasteiger partial charge in [-0.25, -0.2) is 0 Å². The van der Waals surface area contributed by atoms with E-state index in [-0.39, 0.29) is 19.6 Å². The molecule has 0 aromatic heterocycles. The molecule has 7 nitrogen and oxygen atoms in total. The molecule has 0 amide bonds. The number of halogens is 1. The van der Waals surface area contributed by atoms with Gasteiger partial charge in [-0.3, -0.25) is 14.4 Å². The quantitative estimate of drug-likeness (QED) is 0.362. The Balaban J connectivity index is 2.12. The summed E-state index contributed by atoms with van der Waals surface area (Å²) in [6, 6.07) is 9.39. The molecule has 1 aromatic rings. The van der Waals surface area contributed by atoms with Gasteiger partial charge >= 0.3 is 17.9 Å². The van der Waals surface area contributed by atoms with Crippen LogP contribution in [0.15, 0.2) is 28.7 Å². The molecule has 2 aliphatic carbocycles. The summed E-state index contributed by atoms with van der Waals surface area (Å²) in [6.07, 6.45) is 0.322. The Labute approximate surface area is 177 Å². The number of esters is 3. The summed E-state index contributed by atoms with van der Waals surface area (Å²) in [6.45, 7) is 3.41. The fraction of sp³-hybridized carbons (Fsp3) is 0.524. The van der Waals surface area contributed by atoms with E-state index in [0.717, 1.165) is 10.0 Å². The molecule has 0 heterocycles. The van der Waals surface area contributed by atoms with Crippen molar-refractivity contribution < 1.29 is 28.6 Å². The van der Waals surface area contributed by atoms with Crippen LogP contribution in [0.5, 0.6) is 0 Å². The minimum atomic E-state index is -1.69. The zero-order valence-corrected chi connectivity index (χ0v) is 18.1. The largest absolute Gasteiger partial charge is 0.468 e. The molecule has 1 aromatic carbocycles. The summed E-state index contributed by atoms with van der Waals surface area (Å²) < 4.78 is 16.2. The molecule has 2 saturated carbocycles. The van der Waals surface area contributed by atoms with E-state index in [4.69, 9.17) is 14.2 Å². The number of nitriles is 1. The topological polar surface area (TPSA) is 103 Å². The van der Waals surface area contributed by atoms with Crippen LogP contribution in [0.1, 0.15) is 38.2 Å². The first-order chi connectivity index (χ1) is 13.8. The zero-order chi connectivity index (χ0) is 21.4. The lowest BCUT2D eigenvalue weighted by molar-refractivity contribution is -0.179. The van der Waals surface area contributed by atoms with Crippen molar-refractivity contribution in [2.24, 2.45) is 16.2 Å². The second-order valence-corrected chi connectivity index (χ2v) is 8.24. The number of methoxy groups -OCH3 is 1. The van der Waals surface area contributed by atoms with Crippen LogP contribution in [0.25, 0.3) is 0 Å². The summed E-state index contributed by atoms with van der Waals surface area (Å²) in [5, 5.41) is 10.2.